The Morgan fingerprint density at radius 3 is 2.38 bits per heavy atom. The highest BCUT2D eigenvalue weighted by Gasteiger charge is 2.18. The Labute approximate surface area is 155 Å². The Bertz CT molecular complexity index is 808. The molecule has 2 N–H and O–H groups in total. The van der Waals surface area contributed by atoms with Crippen LogP contribution in [0.1, 0.15) is 20.3 Å². The summed E-state index contributed by atoms with van der Waals surface area (Å²) in [5, 5.41) is 15.8. The molecule has 0 aromatic heterocycles. The molecule has 1 atom stereocenters. The maximum atomic E-state index is 12.5. The zero-order valence-corrected chi connectivity index (χ0v) is 15.2. The van der Waals surface area contributed by atoms with Crippen molar-refractivity contribution in [1.29, 1.82) is 0 Å². The Kier molecular flexibility index (Phi) is 6.74. The van der Waals surface area contributed by atoms with Crippen LogP contribution in [0.3, 0.4) is 0 Å². The molecule has 1 unspecified atom stereocenters. The quantitative estimate of drug-likeness (QED) is 0.433. The third-order valence-corrected chi connectivity index (χ3v) is 4.80. The number of nitrogens with one attached hydrogen (secondary N) is 2. The van der Waals surface area contributed by atoms with Gasteiger partial charge in [-0.15, -0.1) is 11.8 Å². The monoisotopic (exact) mass is 373 g/mol. The van der Waals surface area contributed by atoms with Crippen LogP contribution in [0.2, 0.25) is 0 Å². The fourth-order valence-electron chi connectivity index (χ4n) is 2.23. The van der Waals surface area contributed by atoms with Gasteiger partial charge in [0.05, 0.1) is 10.2 Å². The van der Waals surface area contributed by atoms with Crippen LogP contribution in [-0.4, -0.2) is 22.0 Å². The van der Waals surface area contributed by atoms with Crippen LogP contribution in [0.5, 0.6) is 0 Å². The molecule has 0 aliphatic heterocycles. The number of amides is 2. The Hall–Kier alpha value is -2.87. The number of carbonyl (C=O) groups is 2. The van der Waals surface area contributed by atoms with E-state index < -0.39 is 4.92 Å². The molecule has 2 aromatic rings. The van der Waals surface area contributed by atoms with Crippen LogP contribution in [0.4, 0.5) is 17.1 Å². The normalized spacial score (nSPS) is 11.5. The van der Waals surface area contributed by atoms with E-state index in [1.807, 2.05) is 25.1 Å². The molecule has 0 heterocycles. The van der Waals surface area contributed by atoms with E-state index >= 15 is 0 Å². The highest BCUT2D eigenvalue weighted by molar-refractivity contribution is 8.00. The van der Waals surface area contributed by atoms with Gasteiger partial charge >= 0.3 is 0 Å². The number of anilines is 2. The molecule has 0 aliphatic rings. The molecule has 0 saturated heterocycles. The summed E-state index contributed by atoms with van der Waals surface area (Å²) >= 11 is 1.39. The molecule has 8 heteroatoms. The molecular formula is C18H19N3O4S. The lowest BCUT2D eigenvalue weighted by molar-refractivity contribution is -0.384. The first kappa shape index (κ1) is 19.5. The first-order valence-electron chi connectivity index (χ1n) is 7.98. The molecule has 2 amide bonds. The summed E-state index contributed by atoms with van der Waals surface area (Å²) in [5.41, 5.74) is 1.15. The minimum absolute atomic E-state index is 0.0285. The van der Waals surface area contributed by atoms with Crippen LogP contribution < -0.4 is 10.6 Å². The summed E-state index contributed by atoms with van der Waals surface area (Å²) in [7, 11) is 0. The number of benzene rings is 2. The number of rotatable bonds is 7. The number of nitro groups is 1. The Morgan fingerprint density at radius 2 is 1.81 bits per heavy atom. The van der Waals surface area contributed by atoms with Gasteiger partial charge in [0.25, 0.3) is 5.69 Å². The summed E-state index contributed by atoms with van der Waals surface area (Å²) in [6.45, 7) is 3.34. The first-order valence-corrected chi connectivity index (χ1v) is 8.86. The fourth-order valence-corrected chi connectivity index (χ4v) is 3.24. The third kappa shape index (κ3) is 5.59. The molecule has 0 saturated carbocycles. The van der Waals surface area contributed by atoms with E-state index in [0.717, 1.165) is 4.90 Å². The maximum absolute atomic E-state index is 12.5. The summed E-state index contributed by atoms with van der Waals surface area (Å²) in [6.07, 6.45) is 0.605. The van der Waals surface area contributed by atoms with Crippen LogP contribution in [0.25, 0.3) is 0 Å². The molecule has 136 valence electrons. The first-order chi connectivity index (χ1) is 12.4. The molecule has 0 spiro atoms. The predicted molar refractivity (Wildman–Crippen MR) is 102 cm³/mol. The van der Waals surface area contributed by atoms with Crippen LogP contribution >= 0.6 is 11.8 Å². The van der Waals surface area contributed by atoms with Crippen molar-refractivity contribution in [2.45, 2.75) is 30.4 Å². The molecule has 0 aliphatic carbocycles. The van der Waals surface area contributed by atoms with Gasteiger partial charge in [-0.05, 0) is 36.8 Å². The molecule has 0 fully saturated rings. The van der Waals surface area contributed by atoms with Crippen molar-refractivity contribution < 1.29 is 14.5 Å². The van der Waals surface area contributed by atoms with E-state index in [0.29, 0.717) is 17.8 Å². The average molecular weight is 373 g/mol. The topological polar surface area (TPSA) is 101 Å². The van der Waals surface area contributed by atoms with Gasteiger partial charge in [-0.25, -0.2) is 0 Å². The van der Waals surface area contributed by atoms with Gasteiger partial charge in [-0.1, -0.05) is 13.0 Å². The fraction of sp³-hybridized carbons (Fsp3) is 0.222. The van der Waals surface area contributed by atoms with Crippen molar-refractivity contribution in [3.63, 3.8) is 0 Å². The molecule has 2 rings (SSSR count). The minimum Gasteiger partial charge on any atom is -0.326 e. The molecule has 26 heavy (non-hydrogen) atoms. The van der Waals surface area contributed by atoms with Crippen molar-refractivity contribution in [2.24, 2.45) is 0 Å². The SMILES string of the molecule is CCC(Sc1cccc(NC(C)=O)c1)C(=O)Nc1ccc([N+](=O)[O-])cc1. The standard InChI is InChI=1S/C18H19N3O4S/c1-3-17(26-16-6-4-5-14(11-16)19-12(2)22)18(23)20-13-7-9-15(10-8-13)21(24)25/h4-11,17H,3H2,1-2H3,(H,19,22)(H,20,23). The Morgan fingerprint density at radius 1 is 1.12 bits per heavy atom. The second-order valence-corrected chi connectivity index (χ2v) is 6.79. The van der Waals surface area contributed by atoms with Crippen LogP contribution in [-0.2, 0) is 9.59 Å². The predicted octanol–water partition coefficient (Wildman–Crippen LogP) is 4.06. The number of hydrogen-bond acceptors (Lipinski definition) is 5. The molecule has 0 radical (unpaired) electrons. The Balaban J connectivity index is 2.04. The van der Waals surface area contributed by atoms with Gasteiger partial charge in [0.2, 0.25) is 11.8 Å². The number of nitro benzene ring substituents is 1. The zero-order chi connectivity index (χ0) is 19.1. The molecule has 7 nitrogen and oxygen atoms in total. The van der Waals surface area contributed by atoms with Crippen LogP contribution in [0.15, 0.2) is 53.4 Å². The van der Waals surface area contributed by atoms with Gasteiger partial charge < -0.3 is 10.6 Å². The lowest BCUT2D eigenvalue weighted by Gasteiger charge is -2.15. The molecular weight excluding hydrogens is 354 g/mol. The van der Waals surface area contributed by atoms with E-state index in [1.165, 1.54) is 43.0 Å². The molecule has 0 bridgehead atoms. The maximum Gasteiger partial charge on any atom is 0.269 e. The summed E-state index contributed by atoms with van der Waals surface area (Å²) in [4.78, 5) is 34.7. The van der Waals surface area contributed by atoms with E-state index in [-0.39, 0.29) is 22.8 Å². The summed E-state index contributed by atoms with van der Waals surface area (Å²) in [5.74, 6) is -0.341. The van der Waals surface area contributed by atoms with Crippen molar-refractivity contribution in [3.05, 3.63) is 58.6 Å². The number of non-ortho nitro benzene ring substituents is 1. The van der Waals surface area contributed by atoms with Gasteiger partial charge in [-0.2, -0.15) is 0 Å². The van der Waals surface area contributed by atoms with Crippen molar-refractivity contribution >= 4 is 40.6 Å². The van der Waals surface area contributed by atoms with E-state index in [1.54, 1.807) is 6.07 Å². The highest BCUT2D eigenvalue weighted by Crippen LogP contribution is 2.28. The number of thioether (sulfide) groups is 1. The van der Waals surface area contributed by atoms with Crippen molar-refractivity contribution in [1.82, 2.24) is 0 Å². The number of hydrogen-bond donors (Lipinski definition) is 2. The summed E-state index contributed by atoms with van der Waals surface area (Å²) < 4.78 is 0. The van der Waals surface area contributed by atoms with Gasteiger partial charge in [0.1, 0.15) is 0 Å². The van der Waals surface area contributed by atoms with E-state index in [4.69, 9.17) is 0 Å². The van der Waals surface area contributed by atoms with E-state index in [9.17, 15) is 19.7 Å². The lowest BCUT2D eigenvalue weighted by Crippen LogP contribution is -2.24. The largest absolute Gasteiger partial charge is 0.326 e. The number of carbonyl (C=O) groups excluding carboxylic acids is 2. The van der Waals surface area contributed by atoms with Gasteiger partial charge in [0, 0.05) is 35.3 Å². The van der Waals surface area contributed by atoms with Gasteiger partial charge in [0.15, 0.2) is 0 Å². The van der Waals surface area contributed by atoms with Crippen LogP contribution in [0, 0.1) is 10.1 Å². The minimum atomic E-state index is -0.488. The average Bonchev–Trinajstić information content (AvgIpc) is 2.59. The van der Waals surface area contributed by atoms with E-state index in [2.05, 4.69) is 10.6 Å². The third-order valence-electron chi connectivity index (χ3n) is 3.44. The second kappa shape index (κ2) is 9.00. The van der Waals surface area contributed by atoms with Crippen molar-refractivity contribution in [3.8, 4) is 0 Å². The second-order valence-electron chi connectivity index (χ2n) is 5.52. The highest BCUT2D eigenvalue weighted by atomic mass is 32.2. The van der Waals surface area contributed by atoms with Crippen molar-refractivity contribution in [2.75, 3.05) is 10.6 Å². The zero-order valence-electron chi connectivity index (χ0n) is 14.4. The van der Waals surface area contributed by atoms with Gasteiger partial charge in [-0.3, -0.25) is 19.7 Å². The molecule has 2 aromatic carbocycles. The number of nitrogens with zero attached hydrogens (tertiary/aromatic N) is 1. The summed E-state index contributed by atoms with van der Waals surface area (Å²) in [6, 6.07) is 13.0. The smallest absolute Gasteiger partial charge is 0.269 e. The lowest BCUT2D eigenvalue weighted by atomic mass is 10.2.